The molecule has 0 saturated heterocycles. The van der Waals surface area contributed by atoms with Crippen LogP contribution in [0.2, 0.25) is 0 Å². The minimum atomic E-state index is -0.973. The highest BCUT2D eigenvalue weighted by atomic mass is 32.2. The molecule has 0 aliphatic heterocycles. The third-order valence-corrected chi connectivity index (χ3v) is 2.74. The summed E-state index contributed by atoms with van der Waals surface area (Å²) >= 11 is 1.14. The number of hydrogen-bond donors (Lipinski definition) is 1. The Labute approximate surface area is 95.5 Å². The lowest BCUT2D eigenvalue weighted by Gasteiger charge is -2.01. The molecule has 1 N–H and O–H groups in total. The van der Waals surface area contributed by atoms with Crippen LogP contribution in [0.5, 0.6) is 0 Å². The van der Waals surface area contributed by atoms with Crippen LogP contribution in [0, 0.1) is 6.92 Å². The van der Waals surface area contributed by atoms with Crippen molar-refractivity contribution in [3.05, 3.63) is 35.7 Å². The Morgan fingerprint density at radius 1 is 1.38 bits per heavy atom. The second-order valence-electron chi connectivity index (χ2n) is 2.99. The van der Waals surface area contributed by atoms with Gasteiger partial charge >= 0.3 is 5.97 Å². The molecule has 0 radical (unpaired) electrons. The second-order valence-corrected chi connectivity index (χ2v) is 3.98. The van der Waals surface area contributed by atoms with E-state index >= 15 is 0 Å². The maximum atomic E-state index is 10.9. The largest absolute Gasteiger partial charge is 0.478 e. The Morgan fingerprint density at radius 3 is 2.75 bits per heavy atom. The van der Waals surface area contributed by atoms with Crippen LogP contribution in [-0.4, -0.2) is 21.3 Å². The van der Waals surface area contributed by atoms with Crippen molar-refractivity contribution in [1.82, 2.24) is 10.2 Å². The molecule has 0 saturated carbocycles. The van der Waals surface area contributed by atoms with Crippen LogP contribution in [0.4, 0.5) is 0 Å². The highest BCUT2D eigenvalue weighted by molar-refractivity contribution is 7.99. The van der Waals surface area contributed by atoms with Gasteiger partial charge in [-0.3, -0.25) is 0 Å². The summed E-state index contributed by atoms with van der Waals surface area (Å²) in [6, 6.07) is 6.67. The summed E-state index contributed by atoms with van der Waals surface area (Å²) in [6.45, 7) is 1.68. The van der Waals surface area contributed by atoms with Crippen molar-refractivity contribution in [2.45, 2.75) is 17.0 Å². The topological polar surface area (TPSA) is 76.2 Å². The van der Waals surface area contributed by atoms with E-state index in [2.05, 4.69) is 10.2 Å². The Kier molecular flexibility index (Phi) is 2.91. The Bertz CT molecular complexity index is 524. The predicted molar refractivity (Wildman–Crippen MR) is 56.6 cm³/mol. The number of benzene rings is 1. The number of hydrogen-bond acceptors (Lipinski definition) is 5. The molecule has 1 aromatic heterocycles. The quantitative estimate of drug-likeness (QED) is 0.880. The van der Waals surface area contributed by atoms with E-state index in [-0.39, 0.29) is 5.56 Å². The smallest absolute Gasteiger partial charge is 0.336 e. The van der Waals surface area contributed by atoms with Crippen LogP contribution >= 0.6 is 11.8 Å². The molecule has 0 amide bonds. The van der Waals surface area contributed by atoms with E-state index in [4.69, 9.17) is 9.52 Å². The van der Waals surface area contributed by atoms with Crippen molar-refractivity contribution in [2.75, 3.05) is 0 Å². The molecule has 1 aromatic carbocycles. The monoisotopic (exact) mass is 236 g/mol. The van der Waals surface area contributed by atoms with Crippen LogP contribution in [0.1, 0.15) is 16.2 Å². The standard InChI is InChI=1S/C10H8N2O3S/c1-6-11-12-10(15-6)16-8-5-3-2-4-7(8)9(13)14/h2-5H,1H3,(H,13,14). The summed E-state index contributed by atoms with van der Waals surface area (Å²) in [5.74, 6) is -0.519. The first-order chi connectivity index (χ1) is 7.66. The summed E-state index contributed by atoms with van der Waals surface area (Å²) in [5, 5.41) is 16.8. The molecule has 2 aromatic rings. The summed E-state index contributed by atoms with van der Waals surface area (Å²) in [4.78, 5) is 11.5. The maximum absolute atomic E-state index is 10.9. The lowest BCUT2D eigenvalue weighted by atomic mass is 10.2. The molecule has 0 aliphatic rings. The van der Waals surface area contributed by atoms with E-state index in [9.17, 15) is 4.79 Å². The molecule has 0 bridgehead atoms. The lowest BCUT2D eigenvalue weighted by molar-refractivity contribution is 0.0693. The minimum absolute atomic E-state index is 0.225. The van der Waals surface area contributed by atoms with Crippen LogP contribution in [0.25, 0.3) is 0 Å². The average Bonchev–Trinajstić information content (AvgIpc) is 2.64. The van der Waals surface area contributed by atoms with E-state index in [1.165, 1.54) is 6.07 Å². The molecule has 6 heteroatoms. The summed E-state index contributed by atoms with van der Waals surface area (Å²) < 4.78 is 5.17. The molecule has 0 unspecified atom stereocenters. The van der Waals surface area contributed by atoms with Crippen molar-refractivity contribution >= 4 is 17.7 Å². The van der Waals surface area contributed by atoms with E-state index in [1.54, 1.807) is 25.1 Å². The van der Waals surface area contributed by atoms with Crippen molar-refractivity contribution in [3.8, 4) is 0 Å². The number of rotatable bonds is 3. The van der Waals surface area contributed by atoms with Gasteiger partial charge in [-0.2, -0.15) is 0 Å². The van der Waals surface area contributed by atoms with Gasteiger partial charge in [0.25, 0.3) is 5.22 Å². The zero-order chi connectivity index (χ0) is 11.5. The van der Waals surface area contributed by atoms with Crippen molar-refractivity contribution in [2.24, 2.45) is 0 Å². The first-order valence-corrected chi connectivity index (χ1v) is 5.29. The number of carboxylic acids is 1. The van der Waals surface area contributed by atoms with Gasteiger partial charge in [-0.05, 0) is 23.9 Å². The van der Waals surface area contributed by atoms with Gasteiger partial charge in [-0.15, -0.1) is 10.2 Å². The van der Waals surface area contributed by atoms with Gasteiger partial charge in [0.15, 0.2) is 0 Å². The van der Waals surface area contributed by atoms with Gasteiger partial charge < -0.3 is 9.52 Å². The van der Waals surface area contributed by atoms with E-state index in [0.717, 1.165) is 11.8 Å². The van der Waals surface area contributed by atoms with Crippen LogP contribution in [0.3, 0.4) is 0 Å². The molecule has 16 heavy (non-hydrogen) atoms. The zero-order valence-corrected chi connectivity index (χ0v) is 9.19. The van der Waals surface area contributed by atoms with Crippen LogP contribution in [0.15, 0.2) is 38.8 Å². The SMILES string of the molecule is Cc1nnc(Sc2ccccc2C(=O)O)o1. The van der Waals surface area contributed by atoms with Gasteiger partial charge in [0.05, 0.1) is 5.56 Å². The van der Waals surface area contributed by atoms with Crippen molar-refractivity contribution < 1.29 is 14.3 Å². The molecule has 2 rings (SSSR count). The van der Waals surface area contributed by atoms with Crippen LogP contribution < -0.4 is 0 Å². The molecular weight excluding hydrogens is 228 g/mol. The molecular formula is C10H8N2O3S. The summed E-state index contributed by atoms with van der Waals surface area (Å²) in [7, 11) is 0. The number of nitrogens with zero attached hydrogens (tertiary/aromatic N) is 2. The maximum Gasteiger partial charge on any atom is 0.336 e. The summed E-state index contributed by atoms with van der Waals surface area (Å²) in [6.07, 6.45) is 0. The fraction of sp³-hybridized carbons (Fsp3) is 0.100. The number of carbonyl (C=O) groups is 1. The third-order valence-electron chi connectivity index (χ3n) is 1.82. The molecule has 1 heterocycles. The Morgan fingerprint density at radius 2 is 2.12 bits per heavy atom. The second kappa shape index (κ2) is 4.36. The number of aromatic nitrogens is 2. The molecule has 0 aliphatic carbocycles. The first-order valence-electron chi connectivity index (χ1n) is 4.47. The molecule has 5 nitrogen and oxygen atoms in total. The van der Waals surface area contributed by atoms with Crippen molar-refractivity contribution in [1.29, 1.82) is 0 Å². The highest BCUT2D eigenvalue weighted by Crippen LogP contribution is 2.29. The third kappa shape index (κ3) is 2.22. The molecule has 82 valence electrons. The Balaban J connectivity index is 2.31. The van der Waals surface area contributed by atoms with Gasteiger partial charge in [-0.1, -0.05) is 12.1 Å². The fourth-order valence-electron chi connectivity index (χ4n) is 1.15. The van der Waals surface area contributed by atoms with E-state index in [0.29, 0.717) is 16.0 Å². The highest BCUT2D eigenvalue weighted by Gasteiger charge is 2.12. The van der Waals surface area contributed by atoms with E-state index < -0.39 is 5.97 Å². The van der Waals surface area contributed by atoms with Crippen molar-refractivity contribution in [3.63, 3.8) is 0 Å². The van der Waals surface area contributed by atoms with Gasteiger partial charge in [0.1, 0.15) is 0 Å². The van der Waals surface area contributed by atoms with Gasteiger partial charge in [0.2, 0.25) is 5.89 Å². The number of aromatic carboxylic acids is 1. The number of aryl methyl sites for hydroxylation is 1. The summed E-state index contributed by atoms with van der Waals surface area (Å²) in [5.41, 5.74) is 0.225. The van der Waals surface area contributed by atoms with E-state index in [1.807, 2.05) is 0 Å². The normalized spacial score (nSPS) is 10.3. The average molecular weight is 236 g/mol. The van der Waals surface area contributed by atoms with Gasteiger partial charge in [-0.25, -0.2) is 4.79 Å². The van der Waals surface area contributed by atoms with Gasteiger partial charge in [0, 0.05) is 11.8 Å². The molecule has 0 atom stereocenters. The Hall–Kier alpha value is -1.82. The predicted octanol–water partition coefficient (Wildman–Crippen LogP) is 2.23. The molecule has 0 spiro atoms. The first kappa shape index (κ1) is 10.7. The van der Waals surface area contributed by atoms with Crippen LogP contribution in [-0.2, 0) is 0 Å². The minimum Gasteiger partial charge on any atom is -0.478 e. The zero-order valence-electron chi connectivity index (χ0n) is 8.38. The number of carboxylic acid groups (broad SMARTS) is 1. The molecule has 0 fully saturated rings. The fourth-order valence-corrected chi connectivity index (χ4v) is 1.99. The lowest BCUT2D eigenvalue weighted by Crippen LogP contribution is -1.97.